The van der Waals surface area contributed by atoms with Gasteiger partial charge in [-0.15, -0.1) is 0 Å². The Balaban J connectivity index is 0.00000117. The molecular weight excluding hydrogens is 335 g/mol. The molecule has 6 heteroatoms. The highest BCUT2D eigenvalue weighted by Crippen LogP contribution is 2.34. The Hall–Kier alpha value is -2.37. The number of methoxy groups -OCH3 is 1. The number of fused-ring (bicyclic) bond motifs is 3. The van der Waals surface area contributed by atoms with E-state index >= 15 is 0 Å². The van der Waals surface area contributed by atoms with Crippen LogP contribution in [0.1, 0.15) is 60.8 Å². The van der Waals surface area contributed by atoms with Crippen molar-refractivity contribution in [1.29, 1.82) is 0 Å². The Morgan fingerprint density at radius 3 is 2.58 bits per heavy atom. The van der Waals surface area contributed by atoms with Gasteiger partial charge in [-0.2, -0.15) is 0 Å². The van der Waals surface area contributed by atoms with E-state index in [1.807, 2.05) is 18.4 Å². The molecule has 0 radical (unpaired) electrons. The van der Waals surface area contributed by atoms with Crippen molar-refractivity contribution in [3.05, 3.63) is 40.5 Å². The molecule has 0 spiro atoms. The van der Waals surface area contributed by atoms with Crippen LogP contribution in [-0.2, 0) is 24.2 Å². The lowest BCUT2D eigenvalue weighted by Gasteiger charge is -2.23. The molecule has 0 saturated carbocycles. The van der Waals surface area contributed by atoms with Gasteiger partial charge in [-0.1, -0.05) is 27.7 Å². The van der Waals surface area contributed by atoms with Gasteiger partial charge in [0.05, 0.1) is 18.5 Å². The van der Waals surface area contributed by atoms with Crippen LogP contribution in [0, 0.1) is 12.8 Å². The van der Waals surface area contributed by atoms with E-state index in [9.17, 15) is 9.32 Å². The highest BCUT2D eigenvalue weighted by molar-refractivity contribution is 5.88. The summed E-state index contributed by atoms with van der Waals surface area (Å²) in [5, 5.41) is 0. The number of rotatable bonds is 4. The van der Waals surface area contributed by atoms with Crippen molar-refractivity contribution in [2.24, 2.45) is 5.92 Å². The third kappa shape index (κ3) is 3.59. The van der Waals surface area contributed by atoms with Crippen LogP contribution in [0.4, 0.5) is 4.53 Å². The molecule has 2 aromatic rings. The number of carbonyl (C=O) groups is 1. The third-order valence-electron chi connectivity index (χ3n) is 4.39. The SMILES string of the molecule is CC.COc1cc2c(cc1CC(C)C)-n1c(C)nc(C(=O)OF)c1CC2. The highest BCUT2D eigenvalue weighted by atomic mass is 19.3. The summed E-state index contributed by atoms with van der Waals surface area (Å²) in [6.07, 6.45) is 2.23. The third-order valence-corrected chi connectivity index (χ3v) is 4.39. The summed E-state index contributed by atoms with van der Waals surface area (Å²) in [5.74, 6) is 0.978. The van der Waals surface area contributed by atoms with Crippen LogP contribution in [0.15, 0.2) is 12.1 Å². The maximum atomic E-state index is 12.3. The van der Waals surface area contributed by atoms with E-state index in [0.717, 1.165) is 35.4 Å². The Morgan fingerprint density at radius 1 is 1.31 bits per heavy atom. The fourth-order valence-corrected chi connectivity index (χ4v) is 3.43. The Kier molecular flexibility index (Phi) is 6.40. The van der Waals surface area contributed by atoms with Gasteiger partial charge < -0.3 is 4.74 Å². The first kappa shape index (κ1) is 19.9. The van der Waals surface area contributed by atoms with Crippen LogP contribution in [0.3, 0.4) is 0 Å². The van der Waals surface area contributed by atoms with Crippen LogP contribution >= 0.6 is 0 Å². The number of carbonyl (C=O) groups excluding carboxylic acids is 1. The molecule has 0 bridgehead atoms. The monoisotopic (exact) mass is 362 g/mol. The fraction of sp³-hybridized carbons (Fsp3) is 0.500. The number of halogens is 1. The molecule has 5 nitrogen and oxygen atoms in total. The van der Waals surface area contributed by atoms with Gasteiger partial charge in [0.25, 0.3) is 0 Å². The highest BCUT2D eigenvalue weighted by Gasteiger charge is 2.28. The second-order valence-electron chi connectivity index (χ2n) is 6.55. The summed E-state index contributed by atoms with van der Waals surface area (Å²) < 4.78 is 19.8. The fourth-order valence-electron chi connectivity index (χ4n) is 3.43. The molecule has 0 N–H and O–H groups in total. The standard InChI is InChI=1S/C18H21FN2O3.C2H6/c1-10(2)7-13-8-15-12(9-16(13)23-4)5-6-14-17(18(22)24-19)20-11(3)21(14)15;1-2/h8-10H,5-7H2,1-4H3;1-2H3. The molecule has 0 amide bonds. The number of hydrogen-bond acceptors (Lipinski definition) is 4. The Morgan fingerprint density at radius 2 is 2.00 bits per heavy atom. The van der Waals surface area contributed by atoms with Gasteiger partial charge >= 0.3 is 5.97 Å². The van der Waals surface area contributed by atoms with Crippen molar-refractivity contribution in [2.45, 2.75) is 53.9 Å². The molecule has 1 aliphatic heterocycles. The smallest absolute Gasteiger partial charge is 0.399 e. The molecule has 1 aromatic heterocycles. The predicted octanol–water partition coefficient (Wildman–Crippen LogP) is 4.55. The van der Waals surface area contributed by atoms with E-state index < -0.39 is 5.97 Å². The maximum absolute atomic E-state index is 12.3. The molecule has 0 aliphatic carbocycles. The largest absolute Gasteiger partial charge is 0.496 e. The van der Waals surface area contributed by atoms with Gasteiger partial charge in [0.2, 0.25) is 0 Å². The lowest BCUT2D eigenvalue weighted by molar-refractivity contribution is -0.0793. The second-order valence-corrected chi connectivity index (χ2v) is 6.55. The van der Waals surface area contributed by atoms with Crippen LogP contribution in [0.5, 0.6) is 5.75 Å². The number of benzene rings is 1. The van der Waals surface area contributed by atoms with Crippen LogP contribution < -0.4 is 4.74 Å². The molecule has 142 valence electrons. The van der Waals surface area contributed by atoms with Crippen molar-refractivity contribution in [2.75, 3.05) is 7.11 Å². The van der Waals surface area contributed by atoms with Gasteiger partial charge in [0, 0.05) is 4.53 Å². The average Bonchev–Trinajstić information content (AvgIpc) is 2.98. The second kappa shape index (κ2) is 8.34. The number of ether oxygens (including phenoxy) is 1. The Labute approximate surface area is 154 Å². The first-order valence-electron chi connectivity index (χ1n) is 9.07. The zero-order valence-corrected chi connectivity index (χ0v) is 16.4. The molecular formula is C20H27FN2O3. The van der Waals surface area contributed by atoms with E-state index in [1.165, 1.54) is 0 Å². The van der Waals surface area contributed by atoms with E-state index in [1.54, 1.807) is 14.0 Å². The van der Waals surface area contributed by atoms with Crippen LogP contribution in [0.2, 0.25) is 0 Å². The summed E-state index contributed by atoms with van der Waals surface area (Å²) >= 11 is 0. The van der Waals surface area contributed by atoms with Crippen molar-refractivity contribution >= 4 is 5.97 Å². The zero-order valence-electron chi connectivity index (χ0n) is 16.4. The van der Waals surface area contributed by atoms with Crippen molar-refractivity contribution < 1.29 is 19.0 Å². The summed E-state index contributed by atoms with van der Waals surface area (Å²) in [5.41, 5.74) is 3.98. The number of imidazole rings is 1. The lowest BCUT2D eigenvalue weighted by atomic mass is 9.94. The average molecular weight is 362 g/mol. The molecule has 3 rings (SSSR count). The normalized spacial score (nSPS) is 12.0. The summed E-state index contributed by atoms with van der Waals surface area (Å²) in [4.78, 5) is 19.2. The maximum Gasteiger partial charge on any atom is 0.399 e. The minimum absolute atomic E-state index is 0.0573. The first-order chi connectivity index (χ1) is 12.5. The van der Waals surface area contributed by atoms with Crippen LogP contribution in [0.25, 0.3) is 5.69 Å². The van der Waals surface area contributed by atoms with E-state index in [4.69, 9.17) is 4.74 Å². The minimum atomic E-state index is -1.04. The van der Waals surface area contributed by atoms with Gasteiger partial charge in [0.15, 0.2) is 5.69 Å². The molecule has 0 fully saturated rings. The molecule has 1 aliphatic rings. The van der Waals surface area contributed by atoms with Gasteiger partial charge in [-0.25, -0.2) is 14.7 Å². The minimum Gasteiger partial charge on any atom is -0.496 e. The quantitative estimate of drug-likeness (QED) is 0.800. The predicted molar refractivity (Wildman–Crippen MR) is 98.7 cm³/mol. The lowest BCUT2D eigenvalue weighted by Crippen LogP contribution is -2.16. The van der Waals surface area contributed by atoms with Gasteiger partial charge in [0.1, 0.15) is 11.6 Å². The molecule has 2 heterocycles. The molecule has 26 heavy (non-hydrogen) atoms. The van der Waals surface area contributed by atoms with Crippen LogP contribution in [-0.4, -0.2) is 22.6 Å². The molecule has 1 aromatic carbocycles. The molecule has 0 saturated heterocycles. The molecule has 0 unspecified atom stereocenters. The number of aryl methyl sites for hydroxylation is 2. The first-order valence-corrected chi connectivity index (χ1v) is 9.07. The van der Waals surface area contributed by atoms with Crippen molar-refractivity contribution in [3.8, 4) is 11.4 Å². The molecule has 0 atom stereocenters. The van der Waals surface area contributed by atoms with E-state index in [2.05, 4.69) is 35.9 Å². The van der Waals surface area contributed by atoms with E-state index in [-0.39, 0.29) is 5.69 Å². The van der Waals surface area contributed by atoms with Crippen molar-refractivity contribution in [1.82, 2.24) is 9.55 Å². The summed E-state index contributed by atoms with van der Waals surface area (Å²) in [6.45, 7) is 10.1. The van der Waals surface area contributed by atoms with Gasteiger partial charge in [-0.05, 0) is 55.4 Å². The van der Waals surface area contributed by atoms with Gasteiger partial charge in [-0.3, -0.25) is 4.57 Å². The number of aromatic nitrogens is 2. The van der Waals surface area contributed by atoms with E-state index in [0.29, 0.717) is 23.9 Å². The zero-order chi connectivity index (χ0) is 19.4. The summed E-state index contributed by atoms with van der Waals surface area (Å²) in [6, 6.07) is 4.15. The Bertz CT molecular complexity index is 797. The van der Waals surface area contributed by atoms with Crippen molar-refractivity contribution in [3.63, 3.8) is 0 Å². The summed E-state index contributed by atoms with van der Waals surface area (Å²) in [7, 11) is 1.68. The topological polar surface area (TPSA) is 53.4 Å². The number of hydrogen-bond donors (Lipinski definition) is 0. The number of nitrogens with zero attached hydrogens (tertiary/aromatic N) is 2.